The summed E-state index contributed by atoms with van der Waals surface area (Å²) < 4.78 is 39.2. The molecule has 4 atom stereocenters. The molecule has 2 saturated carbocycles. The van der Waals surface area contributed by atoms with E-state index < -0.39 is 11.9 Å². The molecule has 4 nitrogen and oxygen atoms in total. The van der Waals surface area contributed by atoms with Crippen LogP contribution >= 0.6 is 0 Å². The molecular weight excluding hydrogens is 319 g/mol. The molecule has 1 heterocycles. The van der Waals surface area contributed by atoms with Crippen molar-refractivity contribution in [3.8, 4) is 0 Å². The Morgan fingerprint density at radius 1 is 1.42 bits per heavy atom. The first kappa shape index (κ1) is 17.3. The lowest BCUT2D eigenvalue weighted by Gasteiger charge is -2.28. The maximum Gasteiger partial charge on any atom is 0.435 e. The molecule has 24 heavy (non-hydrogen) atoms. The smallest absolute Gasteiger partial charge is 0.353 e. The summed E-state index contributed by atoms with van der Waals surface area (Å²) >= 11 is 0. The van der Waals surface area contributed by atoms with Crippen LogP contribution in [0.25, 0.3) is 0 Å². The fourth-order valence-electron chi connectivity index (χ4n) is 4.42. The Kier molecular flexibility index (Phi) is 4.62. The van der Waals surface area contributed by atoms with Crippen LogP contribution < -0.4 is 5.32 Å². The average Bonchev–Trinajstić information content (AvgIpc) is 3.19. The van der Waals surface area contributed by atoms with Crippen molar-refractivity contribution in [1.29, 1.82) is 0 Å². The highest BCUT2D eigenvalue weighted by molar-refractivity contribution is 5.76. The lowest BCUT2D eigenvalue weighted by atomic mass is 9.84. The van der Waals surface area contributed by atoms with Crippen molar-refractivity contribution in [2.45, 2.75) is 64.7 Å². The maximum atomic E-state index is 12.6. The van der Waals surface area contributed by atoms with Crippen LogP contribution in [0.4, 0.5) is 13.2 Å². The van der Waals surface area contributed by atoms with Crippen LogP contribution in [0.1, 0.15) is 50.4 Å². The van der Waals surface area contributed by atoms with Gasteiger partial charge in [-0.3, -0.25) is 9.48 Å². The van der Waals surface area contributed by atoms with Crippen LogP contribution in [-0.4, -0.2) is 21.7 Å². The molecule has 2 bridgehead atoms. The first-order valence-electron chi connectivity index (χ1n) is 8.65. The molecule has 0 aromatic carbocycles. The van der Waals surface area contributed by atoms with Crippen molar-refractivity contribution in [3.05, 3.63) is 17.5 Å². The number of halogens is 3. The summed E-state index contributed by atoms with van der Waals surface area (Å²) in [5.41, 5.74) is -0.493. The Morgan fingerprint density at radius 2 is 2.17 bits per heavy atom. The van der Waals surface area contributed by atoms with Gasteiger partial charge in [0, 0.05) is 24.7 Å². The quantitative estimate of drug-likeness (QED) is 0.889. The van der Waals surface area contributed by atoms with E-state index in [0.717, 1.165) is 17.9 Å². The van der Waals surface area contributed by atoms with Gasteiger partial charge >= 0.3 is 6.18 Å². The van der Waals surface area contributed by atoms with E-state index in [0.29, 0.717) is 11.6 Å². The Hall–Kier alpha value is -1.53. The van der Waals surface area contributed by atoms with E-state index in [4.69, 9.17) is 0 Å². The first-order valence-corrected chi connectivity index (χ1v) is 8.65. The first-order chi connectivity index (χ1) is 11.2. The summed E-state index contributed by atoms with van der Waals surface area (Å²) in [5, 5.41) is 6.58. The van der Waals surface area contributed by atoms with Gasteiger partial charge in [0.15, 0.2) is 5.69 Å². The molecule has 1 N–H and O–H groups in total. The van der Waals surface area contributed by atoms with Gasteiger partial charge in [-0.2, -0.15) is 18.3 Å². The molecule has 1 aromatic heterocycles. The van der Waals surface area contributed by atoms with Crippen molar-refractivity contribution >= 4 is 5.91 Å². The van der Waals surface area contributed by atoms with Crippen LogP contribution in [0.2, 0.25) is 0 Å². The van der Waals surface area contributed by atoms with Crippen LogP contribution in [0.15, 0.2) is 6.07 Å². The second kappa shape index (κ2) is 6.41. The summed E-state index contributed by atoms with van der Waals surface area (Å²) in [5.74, 6) is 1.99. The fraction of sp³-hybridized carbons (Fsp3) is 0.765. The summed E-state index contributed by atoms with van der Waals surface area (Å²) in [7, 11) is 0. The number of rotatable bonds is 5. The minimum Gasteiger partial charge on any atom is -0.353 e. The Balaban J connectivity index is 1.50. The van der Waals surface area contributed by atoms with Gasteiger partial charge < -0.3 is 5.32 Å². The van der Waals surface area contributed by atoms with Crippen molar-refractivity contribution < 1.29 is 18.0 Å². The SMILES string of the molecule is Cc1cc(C(F)(F)F)nn1CCC(=O)N[C@H](C)[C@H]1C[C@@H]2CC[C@@H]1C2. The standard InChI is InChI=1S/C17H24F3N3O/c1-10-7-15(17(18,19)20)22-23(10)6-5-16(24)21-11(2)14-9-12-3-4-13(14)8-12/h7,11-14H,3-6,8-9H2,1-2H3,(H,21,24)/t11-,12-,13-,14-/m1/s1. The topological polar surface area (TPSA) is 46.9 Å². The Bertz CT molecular complexity index is 611. The molecular formula is C17H24F3N3O. The molecule has 2 aliphatic carbocycles. The number of nitrogens with zero attached hydrogens (tertiary/aromatic N) is 2. The van der Waals surface area contributed by atoms with Gasteiger partial charge in [-0.25, -0.2) is 0 Å². The monoisotopic (exact) mass is 343 g/mol. The zero-order valence-corrected chi connectivity index (χ0v) is 14.1. The van der Waals surface area contributed by atoms with Gasteiger partial charge in [0.25, 0.3) is 0 Å². The zero-order chi connectivity index (χ0) is 17.5. The second-order valence-electron chi connectivity index (χ2n) is 7.34. The number of nitrogens with one attached hydrogen (secondary N) is 1. The highest BCUT2D eigenvalue weighted by Crippen LogP contribution is 2.49. The molecule has 0 radical (unpaired) electrons. The number of hydrogen-bond acceptors (Lipinski definition) is 2. The maximum absolute atomic E-state index is 12.6. The van der Waals surface area contributed by atoms with Crippen molar-refractivity contribution in [1.82, 2.24) is 15.1 Å². The number of aryl methyl sites for hydroxylation is 2. The molecule has 2 fully saturated rings. The molecule has 134 valence electrons. The van der Waals surface area contributed by atoms with Crippen LogP contribution in [0, 0.1) is 24.7 Å². The molecule has 0 spiro atoms. The molecule has 7 heteroatoms. The number of amides is 1. The lowest BCUT2D eigenvalue weighted by molar-refractivity contribution is -0.141. The number of fused-ring (bicyclic) bond motifs is 2. The van der Waals surface area contributed by atoms with E-state index in [2.05, 4.69) is 10.4 Å². The van der Waals surface area contributed by atoms with Crippen LogP contribution in [0.3, 0.4) is 0 Å². The molecule has 2 aliphatic rings. The van der Waals surface area contributed by atoms with E-state index >= 15 is 0 Å². The minimum absolute atomic E-state index is 0.117. The lowest BCUT2D eigenvalue weighted by Crippen LogP contribution is -2.40. The van der Waals surface area contributed by atoms with E-state index in [1.54, 1.807) is 6.92 Å². The Labute approximate surface area is 139 Å². The third-order valence-corrected chi connectivity index (χ3v) is 5.65. The summed E-state index contributed by atoms with van der Waals surface area (Å²) in [6.07, 6.45) is 0.765. The van der Waals surface area contributed by atoms with Gasteiger partial charge in [0.1, 0.15) is 0 Å². The minimum atomic E-state index is -4.45. The molecule has 3 rings (SSSR count). The largest absolute Gasteiger partial charge is 0.435 e. The third kappa shape index (κ3) is 3.59. The van der Waals surface area contributed by atoms with Crippen LogP contribution in [-0.2, 0) is 17.5 Å². The van der Waals surface area contributed by atoms with Gasteiger partial charge in [-0.15, -0.1) is 0 Å². The number of alkyl halides is 3. The average molecular weight is 343 g/mol. The number of aromatic nitrogens is 2. The highest BCUT2D eigenvalue weighted by atomic mass is 19.4. The van der Waals surface area contributed by atoms with Crippen molar-refractivity contribution in [2.75, 3.05) is 0 Å². The van der Waals surface area contributed by atoms with Gasteiger partial charge in [0.2, 0.25) is 5.91 Å². The number of carbonyl (C=O) groups excluding carboxylic acids is 1. The number of hydrogen-bond donors (Lipinski definition) is 1. The van der Waals surface area contributed by atoms with E-state index in [1.807, 2.05) is 6.92 Å². The molecule has 1 aromatic rings. The highest BCUT2D eigenvalue weighted by Gasteiger charge is 2.42. The van der Waals surface area contributed by atoms with E-state index in [-0.39, 0.29) is 24.9 Å². The molecule has 0 saturated heterocycles. The molecule has 0 unspecified atom stereocenters. The van der Waals surface area contributed by atoms with Gasteiger partial charge in [0.05, 0.1) is 0 Å². The zero-order valence-electron chi connectivity index (χ0n) is 14.1. The summed E-state index contributed by atoms with van der Waals surface area (Å²) in [4.78, 5) is 12.1. The molecule has 1 amide bonds. The fourth-order valence-corrected chi connectivity index (χ4v) is 4.42. The van der Waals surface area contributed by atoms with Gasteiger partial charge in [-0.05, 0) is 56.9 Å². The van der Waals surface area contributed by atoms with E-state index in [1.165, 1.54) is 30.4 Å². The van der Waals surface area contributed by atoms with E-state index in [9.17, 15) is 18.0 Å². The second-order valence-corrected chi connectivity index (χ2v) is 7.34. The summed E-state index contributed by atoms with van der Waals surface area (Å²) in [6, 6.07) is 1.15. The third-order valence-electron chi connectivity index (χ3n) is 5.65. The predicted molar refractivity (Wildman–Crippen MR) is 83.1 cm³/mol. The van der Waals surface area contributed by atoms with Crippen molar-refractivity contribution in [3.63, 3.8) is 0 Å². The summed E-state index contributed by atoms with van der Waals surface area (Å²) in [6.45, 7) is 3.78. The van der Waals surface area contributed by atoms with Crippen molar-refractivity contribution in [2.24, 2.45) is 17.8 Å². The van der Waals surface area contributed by atoms with Crippen LogP contribution in [0.5, 0.6) is 0 Å². The van der Waals surface area contributed by atoms with Gasteiger partial charge in [-0.1, -0.05) is 6.42 Å². The Morgan fingerprint density at radius 3 is 2.71 bits per heavy atom. The number of carbonyl (C=O) groups is 1. The predicted octanol–water partition coefficient (Wildman–Crippen LogP) is 3.54. The molecule has 0 aliphatic heterocycles. The normalized spacial score (nSPS) is 27.5.